The summed E-state index contributed by atoms with van der Waals surface area (Å²) in [7, 11) is 0. The normalized spacial score (nSPS) is 10.7. The molecule has 0 aliphatic heterocycles. The molecular weight excluding hydrogens is 455 g/mol. The van der Waals surface area contributed by atoms with Crippen molar-refractivity contribution in [3.63, 3.8) is 0 Å². The number of carbonyl (C=O) groups excluding carboxylic acids is 1. The minimum atomic E-state index is -0.685. The van der Waals surface area contributed by atoms with Crippen LogP contribution in [0.2, 0.25) is 0 Å². The van der Waals surface area contributed by atoms with E-state index in [1.165, 1.54) is 22.8 Å². The average Bonchev–Trinajstić information content (AvgIpc) is 2.84. The van der Waals surface area contributed by atoms with Gasteiger partial charge in [0.1, 0.15) is 17.3 Å². The Morgan fingerprint density at radius 3 is 2.37 bits per heavy atom. The molecule has 11 heteroatoms. The largest absolute Gasteiger partial charge is 0.439 e. The maximum absolute atomic E-state index is 13.3. The lowest BCUT2D eigenvalue weighted by Gasteiger charge is -2.15. The number of aromatic nitrogens is 4. The van der Waals surface area contributed by atoms with Crippen molar-refractivity contribution in [2.45, 2.75) is 20.0 Å². The van der Waals surface area contributed by atoms with E-state index in [2.05, 4.69) is 15.3 Å². The highest BCUT2D eigenvalue weighted by Gasteiger charge is 2.14. The van der Waals surface area contributed by atoms with Crippen molar-refractivity contribution in [2.24, 2.45) is 5.73 Å². The molecule has 4 rings (SSSR count). The van der Waals surface area contributed by atoms with E-state index in [4.69, 9.17) is 10.5 Å². The van der Waals surface area contributed by atoms with Crippen molar-refractivity contribution >= 4 is 17.5 Å². The maximum atomic E-state index is 13.3. The molecule has 3 N–H and O–H groups in total. The minimum absolute atomic E-state index is 0.0403. The van der Waals surface area contributed by atoms with Crippen molar-refractivity contribution in [3.8, 4) is 11.6 Å². The Labute approximate surface area is 198 Å². The van der Waals surface area contributed by atoms with Gasteiger partial charge in [0.2, 0.25) is 11.8 Å². The third-order valence-electron chi connectivity index (χ3n) is 5.03. The van der Waals surface area contributed by atoms with E-state index in [1.54, 1.807) is 55.5 Å². The summed E-state index contributed by atoms with van der Waals surface area (Å²) in [4.78, 5) is 44.7. The van der Waals surface area contributed by atoms with E-state index in [0.29, 0.717) is 17.0 Å². The van der Waals surface area contributed by atoms with E-state index < -0.39 is 23.1 Å². The second-order valence-electron chi connectivity index (χ2n) is 7.43. The average molecular weight is 476 g/mol. The van der Waals surface area contributed by atoms with Gasteiger partial charge in [-0.25, -0.2) is 23.5 Å². The SMILES string of the molecule is CCn1c(=O)nc(Nc2ccc(Oc3cccc(C(N)=O)n3)cc2)n(Cc2ccc(F)cc2)c1=O. The Morgan fingerprint density at radius 2 is 1.71 bits per heavy atom. The number of carbonyl (C=O) groups is 1. The van der Waals surface area contributed by atoms with Gasteiger partial charge in [0, 0.05) is 18.3 Å². The highest BCUT2D eigenvalue weighted by molar-refractivity contribution is 5.90. The number of halogens is 1. The Hall–Kier alpha value is -4.80. The number of amides is 1. The monoisotopic (exact) mass is 476 g/mol. The van der Waals surface area contributed by atoms with Gasteiger partial charge in [-0.2, -0.15) is 4.98 Å². The van der Waals surface area contributed by atoms with E-state index in [1.807, 2.05) is 0 Å². The molecule has 2 aromatic heterocycles. The smallest absolute Gasteiger partial charge is 0.354 e. The van der Waals surface area contributed by atoms with Gasteiger partial charge in [-0.3, -0.25) is 9.36 Å². The van der Waals surface area contributed by atoms with Crippen LogP contribution in [-0.4, -0.2) is 25.0 Å². The fourth-order valence-electron chi connectivity index (χ4n) is 3.28. The fraction of sp³-hybridized carbons (Fsp3) is 0.125. The number of hydrogen-bond acceptors (Lipinski definition) is 7. The Balaban J connectivity index is 1.60. The number of nitrogens with zero attached hydrogens (tertiary/aromatic N) is 4. The number of primary amides is 1. The lowest BCUT2D eigenvalue weighted by molar-refractivity contribution is 0.0995. The van der Waals surface area contributed by atoms with Crippen molar-refractivity contribution in [1.82, 2.24) is 19.1 Å². The summed E-state index contributed by atoms with van der Waals surface area (Å²) < 4.78 is 21.3. The molecule has 0 radical (unpaired) electrons. The maximum Gasteiger partial charge on any atom is 0.354 e. The molecule has 4 aromatic rings. The summed E-state index contributed by atoms with van der Waals surface area (Å²) in [6.07, 6.45) is 0. The zero-order valence-electron chi connectivity index (χ0n) is 18.6. The van der Waals surface area contributed by atoms with Gasteiger partial charge in [0.15, 0.2) is 0 Å². The second kappa shape index (κ2) is 10.00. The number of benzene rings is 2. The summed E-state index contributed by atoms with van der Waals surface area (Å²) in [6.45, 7) is 1.91. The highest BCUT2D eigenvalue weighted by Crippen LogP contribution is 2.23. The number of hydrogen-bond donors (Lipinski definition) is 2. The first-order valence-corrected chi connectivity index (χ1v) is 10.6. The van der Waals surface area contributed by atoms with Gasteiger partial charge in [-0.05, 0) is 55.0 Å². The molecule has 10 nitrogen and oxygen atoms in total. The first kappa shape index (κ1) is 23.4. The summed E-state index contributed by atoms with van der Waals surface area (Å²) in [5.74, 6) is -0.393. The number of rotatable bonds is 8. The molecule has 0 saturated carbocycles. The highest BCUT2D eigenvalue weighted by atomic mass is 19.1. The molecule has 0 bridgehead atoms. The van der Waals surface area contributed by atoms with Gasteiger partial charge in [-0.1, -0.05) is 18.2 Å². The number of nitrogens with one attached hydrogen (secondary N) is 1. The van der Waals surface area contributed by atoms with Crippen LogP contribution < -0.4 is 27.2 Å². The predicted octanol–water partition coefficient (Wildman–Crippen LogP) is 2.64. The molecule has 2 aromatic carbocycles. The molecule has 1 amide bonds. The molecule has 2 heterocycles. The third-order valence-corrected chi connectivity index (χ3v) is 5.03. The zero-order valence-corrected chi connectivity index (χ0v) is 18.6. The van der Waals surface area contributed by atoms with E-state index in [0.717, 1.165) is 4.57 Å². The standard InChI is InChI=1S/C24H21FN6O4/c1-2-30-23(33)29-22(31(24(30)34)14-15-6-8-16(25)9-7-15)27-17-10-12-18(13-11-17)35-20-5-3-4-19(28-20)21(26)32/h3-13H,2,14H2,1H3,(H2,26,32)(H,27,29,33). The summed E-state index contributed by atoms with van der Waals surface area (Å²) >= 11 is 0. The number of ether oxygens (including phenoxy) is 1. The van der Waals surface area contributed by atoms with Crippen molar-refractivity contribution in [2.75, 3.05) is 5.32 Å². The molecule has 0 unspecified atom stereocenters. The van der Waals surface area contributed by atoms with E-state index in [9.17, 15) is 18.8 Å². The quantitative estimate of drug-likeness (QED) is 0.399. The molecule has 0 aliphatic carbocycles. The van der Waals surface area contributed by atoms with Crippen molar-refractivity contribution < 1.29 is 13.9 Å². The third kappa shape index (κ3) is 5.41. The van der Waals surface area contributed by atoms with Gasteiger partial charge in [-0.15, -0.1) is 0 Å². The lowest BCUT2D eigenvalue weighted by Crippen LogP contribution is -2.42. The Morgan fingerprint density at radius 1 is 1.00 bits per heavy atom. The molecule has 0 spiro atoms. The van der Waals surface area contributed by atoms with Gasteiger partial charge in [0.25, 0.3) is 5.91 Å². The number of nitrogens with two attached hydrogens (primary N) is 1. The first-order chi connectivity index (χ1) is 16.8. The summed E-state index contributed by atoms with van der Waals surface area (Å²) in [5.41, 5.74) is 5.28. The van der Waals surface area contributed by atoms with Gasteiger partial charge < -0.3 is 15.8 Å². The second-order valence-corrected chi connectivity index (χ2v) is 7.43. The molecule has 0 aliphatic rings. The molecular formula is C24H21FN6O4. The zero-order chi connectivity index (χ0) is 24.9. The van der Waals surface area contributed by atoms with Crippen LogP contribution >= 0.6 is 0 Å². The van der Waals surface area contributed by atoms with Crippen LogP contribution in [0.5, 0.6) is 11.6 Å². The number of pyridine rings is 1. The van der Waals surface area contributed by atoms with Gasteiger partial charge in [0.05, 0.1) is 6.54 Å². The van der Waals surface area contributed by atoms with Crippen LogP contribution in [0.4, 0.5) is 16.0 Å². The topological polar surface area (TPSA) is 134 Å². The van der Waals surface area contributed by atoms with Crippen LogP contribution in [0.3, 0.4) is 0 Å². The molecule has 0 atom stereocenters. The van der Waals surface area contributed by atoms with Gasteiger partial charge >= 0.3 is 11.4 Å². The lowest BCUT2D eigenvalue weighted by atomic mass is 10.2. The van der Waals surface area contributed by atoms with Crippen LogP contribution in [0.25, 0.3) is 0 Å². The molecule has 35 heavy (non-hydrogen) atoms. The van der Waals surface area contributed by atoms with Crippen LogP contribution in [0, 0.1) is 5.82 Å². The molecule has 178 valence electrons. The number of anilines is 2. The fourth-order valence-corrected chi connectivity index (χ4v) is 3.28. The van der Waals surface area contributed by atoms with Crippen LogP contribution in [0.15, 0.2) is 76.3 Å². The summed E-state index contributed by atoms with van der Waals surface area (Å²) in [6, 6.07) is 17.0. The first-order valence-electron chi connectivity index (χ1n) is 10.6. The Bertz CT molecular complexity index is 1480. The van der Waals surface area contributed by atoms with E-state index >= 15 is 0 Å². The Kier molecular flexibility index (Phi) is 6.67. The van der Waals surface area contributed by atoms with Crippen LogP contribution in [-0.2, 0) is 13.1 Å². The van der Waals surface area contributed by atoms with Crippen LogP contribution in [0.1, 0.15) is 23.0 Å². The molecule has 0 saturated heterocycles. The molecule has 0 fully saturated rings. The van der Waals surface area contributed by atoms with Crippen molar-refractivity contribution in [3.05, 3.63) is 105 Å². The van der Waals surface area contributed by atoms with E-state index in [-0.39, 0.29) is 30.6 Å². The minimum Gasteiger partial charge on any atom is -0.439 e. The predicted molar refractivity (Wildman–Crippen MR) is 126 cm³/mol. The summed E-state index contributed by atoms with van der Waals surface area (Å²) in [5, 5.41) is 2.98. The van der Waals surface area contributed by atoms with Crippen molar-refractivity contribution in [1.29, 1.82) is 0 Å².